The number of Topliss-reactive ketones (excluding diaryl/α,β-unsaturated/α-hetero) is 1. The van der Waals surface area contributed by atoms with Gasteiger partial charge in [-0.1, -0.05) is 42.0 Å². The van der Waals surface area contributed by atoms with Crippen molar-refractivity contribution in [2.45, 2.75) is 19.9 Å². The van der Waals surface area contributed by atoms with Crippen molar-refractivity contribution in [3.63, 3.8) is 0 Å². The largest absolute Gasteiger partial charge is 0.302 e. The first-order chi connectivity index (χ1) is 10.1. The minimum Gasteiger partial charge on any atom is -0.302 e. The lowest BCUT2D eigenvalue weighted by atomic mass is 10.1. The third-order valence-corrected chi connectivity index (χ3v) is 3.47. The van der Waals surface area contributed by atoms with E-state index in [4.69, 9.17) is 0 Å². The van der Waals surface area contributed by atoms with Gasteiger partial charge >= 0.3 is 0 Å². The van der Waals surface area contributed by atoms with Crippen LogP contribution in [0.1, 0.15) is 27.9 Å². The van der Waals surface area contributed by atoms with Crippen molar-refractivity contribution < 1.29 is 9.18 Å². The molecular weight excluding hydrogens is 265 g/mol. The van der Waals surface area contributed by atoms with Gasteiger partial charge in [-0.25, -0.2) is 4.39 Å². The van der Waals surface area contributed by atoms with Gasteiger partial charge in [0, 0.05) is 19.5 Å². The van der Waals surface area contributed by atoms with Crippen LogP contribution in [0.25, 0.3) is 0 Å². The molecule has 0 fully saturated rings. The van der Waals surface area contributed by atoms with Gasteiger partial charge in [0.05, 0.1) is 5.56 Å². The van der Waals surface area contributed by atoms with Crippen LogP contribution in [0.4, 0.5) is 4.39 Å². The fourth-order valence-electron chi connectivity index (χ4n) is 2.20. The third-order valence-electron chi connectivity index (χ3n) is 3.47. The molecule has 0 aliphatic carbocycles. The number of nitrogens with zero attached hydrogens (tertiary/aromatic N) is 1. The molecule has 0 aromatic heterocycles. The van der Waals surface area contributed by atoms with Crippen LogP contribution in [-0.4, -0.2) is 24.3 Å². The van der Waals surface area contributed by atoms with Gasteiger partial charge in [-0.05, 0) is 31.7 Å². The molecule has 0 amide bonds. The number of rotatable bonds is 6. The highest BCUT2D eigenvalue weighted by Crippen LogP contribution is 2.11. The maximum Gasteiger partial charge on any atom is 0.167 e. The summed E-state index contributed by atoms with van der Waals surface area (Å²) in [7, 11) is 1.97. The van der Waals surface area contributed by atoms with Crippen LogP contribution >= 0.6 is 0 Å². The first-order valence-corrected chi connectivity index (χ1v) is 7.08. The normalized spacial score (nSPS) is 10.9. The first-order valence-electron chi connectivity index (χ1n) is 7.08. The molecule has 21 heavy (non-hydrogen) atoms. The Balaban J connectivity index is 1.86. The highest BCUT2D eigenvalue weighted by molar-refractivity contribution is 5.96. The Bertz CT molecular complexity index is 607. The molecule has 110 valence electrons. The van der Waals surface area contributed by atoms with E-state index in [0.717, 1.165) is 6.54 Å². The van der Waals surface area contributed by atoms with Crippen molar-refractivity contribution in [3.8, 4) is 0 Å². The average Bonchev–Trinajstić information content (AvgIpc) is 2.48. The molecule has 0 N–H and O–H groups in total. The summed E-state index contributed by atoms with van der Waals surface area (Å²) in [5.74, 6) is -0.590. The van der Waals surface area contributed by atoms with Gasteiger partial charge in [-0.15, -0.1) is 0 Å². The smallest absolute Gasteiger partial charge is 0.167 e. The summed E-state index contributed by atoms with van der Waals surface area (Å²) in [6.45, 7) is 3.45. The average molecular weight is 285 g/mol. The monoisotopic (exact) mass is 285 g/mol. The van der Waals surface area contributed by atoms with Crippen molar-refractivity contribution in [1.82, 2.24) is 4.90 Å². The first kappa shape index (κ1) is 15.4. The molecule has 2 aromatic carbocycles. The van der Waals surface area contributed by atoms with E-state index in [9.17, 15) is 9.18 Å². The summed E-state index contributed by atoms with van der Waals surface area (Å²) in [4.78, 5) is 14.1. The topological polar surface area (TPSA) is 20.3 Å². The van der Waals surface area contributed by atoms with Crippen LogP contribution in [0, 0.1) is 12.7 Å². The van der Waals surface area contributed by atoms with E-state index in [-0.39, 0.29) is 11.3 Å². The van der Waals surface area contributed by atoms with Crippen molar-refractivity contribution in [2.24, 2.45) is 0 Å². The fourth-order valence-corrected chi connectivity index (χ4v) is 2.20. The van der Waals surface area contributed by atoms with Crippen LogP contribution in [0.5, 0.6) is 0 Å². The number of carbonyl (C=O) groups excluding carboxylic acids is 1. The van der Waals surface area contributed by atoms with E-state index < -0.39 is 5.82 Å². The Hall–Kier alpha value is -2.00. The standard InChI is InChI=1S/C18H20FNO/c1-14-7-9-15(10-8-14)13-20(2)12-11-18(21)16-5-3-4-6-17(16)19/h3-10H,11-13H2,1-2H3. The minimum absolute atomic E-state index is 0.149. The molecule has 0 atom stereocenters. The summed E-state index contributed by atoms with van der Waals surface area (Å²) < 4.78 is 13.5. The summed E-state index contributed by atoms with van der Waals surface area (Å²) in [5, 5.41) is 0. The highest BCUT2D eigenvalue weighted by atomic mass is 19.1. The Morgan fingerprint density at radius 1 is 1.10 bits per heavy atom. The van der Waals surface area contributed by atoms with E-state index in [2.05, 4.69) is 36.1 Å². The second kappa shape index (κ2) is 7.14. The lowest BCUT2D eigenvalue weighted by molar-refractivity contribution is 0.0964. The summed E-state index contributed by atoms with van der Waals surface area (Å²) in [6.07, 6.45) is 0.323. The Morgan fingerprint density at radius 2 is 1.76 bits per heavy atom. The third kappa shape index (κ3) is 4.50. The van der Waals surface area contributed by atoms with E-state index in [1.54, 1.807) is 12.1 Å². The van der Waals surface area contributed by atoms with Gasteiger partial charge < -0.3 is 4.90 Å². The van der Waals surface area contributed by atoms with Crippen molar-refractivity contribution >= 4 is 5.78 Å². The van der Waals surface area contributed by atoms with Gasteiger partial charge in [-0.3, -0.25) is 4.79 Å². The van der Waals surface area contributed by atoms with E-state index in [1.165, 1.54) is 23.3 Å². The van der Waals surface area contributed by atoms with Crippen LogP contribution in [0.3, 0.4) is 0 Å². The van der Waals surface area contributed by atoms with Crippen molar-refractivity contribution in [2.75, 3.05) is 13.6 Å². The zero-order valence-corrected chi connectivity index (χ0v) is 12.5. The van der Waals surface area contributed by atoms with Crippen LogP contribution in [0.2, 0.25) is 0 Å². The predicted octanol–water partition coefficient (Wildman–Crippen LogP) is 3.84. The Morgan fingerprint density at radius 3 is 2.43 bits per heavy atom. The van der Waals surface area contributed by atoms with Gasteiger partial charge in [0.2, 0.25) is 0 Å². The summed E-state index contributed by atoms with van der Waals surface area (Å²) in [6, 6.07) is 14.5. The zero-order valence-electron chi connectivity index (χ0n) is 12.5. The molecule has 0 bridgehead atoms. The molecule has 0 saturated heterocycles. The molecule has 2 rings (SSSR count). The van der Waals surface area contributed by atoms with Crippen molar-refractivity contribution in [3.05, 3.63) is 71.0 Å². The molecule has 0 aliphatic heterocycles. The molecule has 2 nitrogen and oxygen atoms in total. The zero-order chi connectivity index (χ0) is 15.2. The second-order valence-corrected chi connectivity index (χ2v) is 5.38. The molecule has 0 aliphatic rings. The SMILES string of the molecule is Cc1ccc(CN(C)CCC(=O)c2ccccc2F)cc1. The van der Waals surface area contributed by atoms with Gasteiger partial charge in [-0.2, -0.15) is 0 Å². The molecule has 0 unspecified atom stereocenters. The quantitative estimate of drug-likeness (QED) is 0.752. The minimum atomic E-state index is -0.441. The molecule has 0 spiro atoms. The number of hydrogen-bond acceptors (Lipinski definition) is 2. The van der Waals surface area contributed by atoms with Crippen LogP contribution < -0.4 is 0 Å². The van der Waals surface area contributed by atoms with Crippen LogP contribution in [0.15, 0.2) is 48.5 Å². The number of hydrogen-bond donors (Lipinski definition) is 0. The molecule has 0 radical (unpaired) electrons. The molecule has 3 heteroatoms. The predicted molar refractivity (Wildman–Crippen MR) is 82.9 cm³/mol. The maximum absolute atomic E-state index is 13.5. The summed E-state index contributed by atoms with van der Waals surface area (Å²) >= 11 is 0. The Kier molecular flexibility index (Phi) is 5.23. The lowest BCUT2D eigenvalue weighted by Crippen LogP contribution is -2.21. The highest BCUT2D eigenvalue weighted by Gasteiger charge is 2.11. The number of carbonyl (C=O) groups is 1. The molecule has 0 saturated carbocycles. The number of halogens is 1. The van der Waals surface area contributed by atoms with E-state index in [0.29, 0.717) is 13.0 Å². The van der Waals surface area contributed by atoms with E-state index >= 15 is 0 Å². The van der Waals surface area contributed by atoms with Gasteiger partial charge in [0.1, 0.15) is 5.82 Å². The van der Waals surface area contributed by atoms with E-state index in [1.807, 2.05) is 7.05 Å². The number of aryl methyl sites for hydroxylation is 1. The molecule has 2 aromatic rings. The lowest BCUT2D eigenvalue weighted by Gasteiger charge is -2.16. The van der Waals surface area contributed by atoms with Crippen LogP contribution in [-0.2, 0) is 6.54 Å². The van der Waals surface area contributed by atoms with Gasteiger partial charge in [0.25, 0.3) is 0 Å². The van der Waals surface area contributed by atoms with Crippen molar-refractivity contribution in [1.29, 1.82) is 0 Å². The number of benzene rings is 2. The second-order valence-electron chi connectivity index (χ2n) is 5.38. The molecule has 0 heterocycles. The fraction of sp³-hybridized carbons (Fsp3) is 0.278. The van der Waals surface area contributed by atoms with Gasteiger partial charge in [0.15, 0.2) is 5.78 Å². The Labute approximate surface area is 125 Å². The summed E-state index contributed by atoms with van der Waals surface area (Å²) in [5.41, 5.74) is 2.62. The maximum atomic E-state index is 13.5. The molecular formula is C18H20FNO. The number of ketones is 1.